The number of carbonyl (C=O) groups excluding carboxylic acids is 1. The lowest BCUT2D eigenvalue weighted by Gasteiger charge is -2.10. The molecule has 0 aliphatic heterocycles. The minimum atomic E-state index is -0.309. The highest BCUT2D eigenvalue weighted by molar-refractivity contribution is 6.01. The SMILES string of the molecule is N#CC(=Cc1ccco1)C(=O)NC1CCCC1. The van der Waals surface area contributed by atoms with Crippen molar-refractivity contribution in [3.63, 3.8) is 0 Å². The van der Waals surface area contributed by atoms with Crippen LogP contribution in [-0.4, -0.2) is 11.9 Å². The highest BCUT2D eigenvalue weighted by Crippen LogP contribution is 2.18. The van der Waals surface area contributed by atoms with Gasteiger partial charge in [0.15, 0.2) is 0 Å². The molecule has 1 aliphatic carbocycles. The third kappa shape index (κ3) is 2.97. The molecule has 1 aromatic heterocycles. The van der Waals surface area contributed by atoms with E-state index in [0.717, 1.165) is 25.7 Å². The van der Waals surface area contributed by atoms with E-state index in [4.69, 9.17) is 9.68 Å². The first-order valence-electron chi connectivity index (χ1n) is 5.76. The van der Waals surface area contributed by atoms with Gasteiger partial charge in [-0.15, -0.1) is 0 Å². The molecule has 1 fully saturated rings. The van der Waals surface area contributed by atoms with Gasteiger partial charge in [-0.2, -0.15) is 5.26 Å². The molecule has 0 atom stereocenters. The van der Waals surface area contributed by atoms with Crippen LogP contribution in [-0.2, 0) is 4.79 Å². The topological polar surface area (TPSA) is 66.0 Å². The summed E-state index contributed by atoms with van der Waals surface area (Å²) in [6.07, 6.45) is 7.28. The molecule has 0 unspecified atom stereocenters. The molecule has 88 valence electrons. The Bertz CT molecular complexity index is 448. The Labute approximate surface area is 99.9 Å². The second-order valence-corrected chi connectivity index (χ2v) is 4.14. The molecule has 17 heavy (non-hydrogen) atoms. The normalized spacial score (nSPS) is 16.8. The van der Waals surface area contributed by atoms with Gasteiger partial charge in [-0.1, -0.05) is 12.8 Å². The Morgan fingerprint density at radius 3 is 2.88 bits per heavy atom. The van der Waals surface area contributed by atoms with Crippen LogP contribution in [0.5, 0.6) is 0 Å². The van der Waals surface area contributed by atoms with Crippen molar-refractivity contribution in [3.05, 3.63) is 29.7 Å². The quantitative estimate of drug-likeness (QED) is 0.639. The summed E-state index contributed by atoms with van der Waals surface area (Å²) in [6.45, 7) is 0. The van der Waals surface area contributed by atoms with Gasteiger partial charge < -0.3 is 9.73 Å². The first kappa shape index (κ1) is 11.5. The summed E-state index contributed by atoms with van der Waals surface area (Å²) in [5.74, 6) is 0.207. The van der Waals surface area contributed by atoms with E-state index in [1.807, 2.05) is 6.07 Å². The molecule has 1 aromatic rings. The molecule has 0 aromatic carbocycles. The Hall–Kier alpha value is -2.02. The van der Waals surface area contributed by atoms with Crippen molar-refractivity contribution in [2.45, 2.75) is 31.7 Å². The van der Waals surface area contributed by atoms with E-state index in [0.29, 0.717) is 5.76 Å². The van der Waals surface area contributed by atoms with Crippen LogP contribution in [0.4, 0.5) is 0 Å². The highest BCUT2D eigenvalue weighted by atomic mass is 16.3. The molecule has 0 bridgehead atoms. The summed E-state index contributed by atoms with van der Waals surface area (Å²) in [6, 6.07) is 5.55. The molecule has 1 amide bonds. The van der Waals surface area contributed by atoms with Crippen LogP contribution in [0.3, 0.4) is 0 Å². The van der Waals surface area contributed by atoms with Crippen LogP contribution < -0.4 is 5.32 Å². The smallest absolute Gasteiger partial charge is 0.262 e. The second kappa shape index (κ2) is 5.35. The number of nitrogens with zero attached hydrogens (tertiary/aromatic N) is 1. The number of carbonyl (C=O) groups is 1. The lowest BCUT2D eigenvalue weighted by Crippen LogP contribution is -2.33. The first-order chi connectivity index (χ1) is 8.29. The maximum Gasteiger partial charge on any atom is 0.262 e. The number of hydrogen-bond donors (Lipinski definition) is 1. The first-order valence-corrected chi connectivity index (χ1v) is 5.76. The number of furan rings is 1. The van der Waals surface area contributed by atoms with Crippen molar-refractivity contribution in [3.8, 4) is 6.07 Å². The predicted molar refractivity (Wildman–Crippen MR) is 62.7 cm³/mol. The van der Waals surface area contributed by atoms with Crippen molar-refractivity contribution in [1.29, 1.82) is 5.26 Å². The standard InChI is InChI=1S/C13H14N2O2/c14-9-10(8-12-6-3-7-17-12)13(16)15-11-4-1-2-5-11/h3,6-8,11H,1-2,4-5H2,(H,15,16). The average molecular weight is 230 g/mol. The predicted octanol–water partition coefficient (Wildman–Crippen LogP) is 2.25. The van der Waals surface area contributed by atoms with Crippen molar-refractivity contribution in [2.75, 3.05) is 0 Å². The zero-order valence-corrected chi connectivity index (χ0v) is 9.48. The molecular weight excluding hydrogens is 216 g/mol. The average Bonchev–Trinajstić information content (AvgIpc) is 2.97. The van der Waals surface area contributed by atoms with E-state index in [-0.39, 0.29) is 17.5 Å². The van der Waals surface area contributed by atoms with Gasteiger partial charge in [-0.25, -0.2) is 0 Å². The van der Waals surface area contributed by atoms with Crippen LogP contribution >= 0.6 is 0 Å². The molecule has 1 heterocycles. The summed E-state index contributed by atoms with van der Waals surface area (Å²) in [5, 5.41) is 11.8. The molecule has 1 saturated carbocycles. The van der Waals surface area contributed by atoms with Gasteiger partial charge in [-0.3, -0.25) is 4.79 Å². The summed E-state index contributed by atoms with van der Waals surface area (Å²) in [5.41, 5.74) is 0.0897. The molecule has 0 radical (unpaired) electrons. The zero-order chi connectivity index (χ0) is 12.1. The number of rotatable bonds is 3. The maximum atomic E-state index is 11.8. The Kier molecular flexibility index (Phi) is 3.61. The minimum Gasteiger partial charge on any atom is -0.465 e. The molecule has 0 spiro atoms. The summed E-state index contributed by atoms with van der Waals surface area (Å²) < 4.78 is 5.08. The molecule has 1 N–H and O–H groups in total. The number of hydrogen-bond acceptors (Lipinski definition) is 3. The second-order valence-electron chi connectivity index (χ2n) is 4.14. The number of amides is 1. The van der Waals surface area contributed by atoms with Gasteiger partial charge in [0.25, 0.3) is 5.91 Å². The lowest BCUT2D eigenvalue weighted by molar-refractivity contribution is -0.117. The zero-order valence-electron chi connectivity index (χ0n) is 9.48. The van der Waals surface area contributed by atoms with E-state index in [1.165, 1.54) is 12.3 Å². The van der Waals surface area contributed by atoms with Gasteiger partial charge in [0, 0.05) is 12.1 Å². The van der Waals surface area contributed by atoms with Crippen LogP contribution in [0, 0.1) is 11.3 Å². The third-order valence-corrected chi connectivity index (χ3v) is 2.89. The monoisotopic (exact) mass is 230 g/mol. The fraction of sp³-hybridized carbons (Fsp3) is 0.385. The van der Waals surface area contributed by atoms with Crippen molar-refractivity contribution >= 4 is 12.0 Å². The largest absolute Gasteiger partial charge is 0.465 e. The molecule has 2 rings (SSSR count). The van der Waals surface area contributed by atoms with E-state index < -0.39 is 0 Å². The van der Waals surface area contributed by atoms with Gasteiger partial charge in [0.1, 0.15) is 17.4 Å². The van der Waals surface area contributed by atoms with Gasteiger partial charge in [-0.05, 0) is 25.0 Å². The van der Waals surface area contributed by atoms with E-state index in [1.54, 1.807) is 12.1 Å². The molecular formula is C13H14N2O2. The van der Waals surface area contributed by atoms with Crippen LogP contribution in [0.15, 0.2) is 28.4 Å². The van der Waals surface area contributed by atoms with Gasteiger partial charge in [0.05, 0.1) is 6.26 Å². The highest BCUT2D eigenvalue weighted by Gasteiger charge is 2.19. The number of nitrogens with one attached hydrogen (secondary N) is 1. The fourth-order valence-electron chi connectivity index (χ4n) is 2.00. The number of nitriles is 1. The lowest BCUT2D eigenvalue weighted by atomic mass is 10.2. The molecule has 4 heteroatoms. The van der Waals surface area contributed by atoms with E-state index >= 15 is 0 Å². The summed E-state index contributed by atoms with van der Waals surface area (Å²) in [4.78, 5) is 11.8. The molecule has 4 nitrogen and oxygen atoms in total. The van der Waals surface area contributed by atoms with E-state index in [2.05, 4.69) is 5.32 Å². The Morgan fingerprint density at radius 1 is 1.53 bits per heavy atom. The van der Waals surface area contributed by atoms with Crippen LogP contribution in [0.1, 0.15) is 31.4 Å². The fourth-order valence-corrected chi connectivity index (χ4v) is 2.00. The minimum absolute atomic E-state index is 0.0897. The van der Waals surface area contributed by atoms with Crippen molar-refractivity contribution in [1.82, 2.24) is 5.32 Å². The Morgan fingerprint density at radius 2 is 2.29 bits per heavy atom. The van der Waals surface area contributed by atoms with Gasteiger partial charge >= 0.3 is 0 Å². The van der Waals surface area contributed by atoms with Crippen LogP contribution in [0.2, 0.25) is 0 Å². The molecule has 1 aliphatic rings. The molecule has 0 saturated heterocycles. The summed E-state index contributed by atoms with van der Waals surface area (Å²) in [7, 11) is 0. The summed E-state index contributed by atoms with van der Waals surface area (Å²) >= 11 is 0. The third-order valence-electron chi connectivity index (χ3n) is 2.89. The van der Waals surface area contributed by atoms with Crippen molar-refractivity contribution in [2.24, 2.45) is 0 Å². The van der Waals surface area contributed by atoms with E-state index in [9.17, 15) is 4.79 Å². The van der Waals surface area contributed by atoms with Gasteiger partial charge in [0.2, 0.25) is 0 Å². The maximum absolute atomic E-state index is 11.8. The van der Waals surface area contributed by atoms with Crippen molar-refractivity contribution < 1.29 is 9.21 Å². The van der Waals surface area contributed by atoms with Crippen LogP contribution in [0.25, 0.3) is 6.08 Å². The Balaban J connectivity index is 2.03.